The highest BCUT2D eigenvalue weighted by Crippen LogP contribution is 2.39. The summed E-state index contributed by atoms with van der Waals surface area (Å²) >= 11 is 7.60. The Labute approximate surface area is 102 Å². The Morgan fingerprint density at radius 2 is 2.07 bits per heavy atom. The fourth-order valence-electron chi connectivity index (χ4n) is 2.13. The highest BCUT2D eigenvalue weighted by atomic mass is 35.5. The second-order valence-electron chi connectivity index (χ2n) is 4.43. The molecule has 15 heavy (non-hydrogen) atoms. The molecule has 0 fully saturated rings. The van der Waals surface area contributed by atoms with Crippen LogP contribution in [-0.4, -0.2) is 4.37 Å². The number of nitrogens with zero attached hydrogens (tertiary/aromatic N) is 1. The molecule has 0 saturated carbocycles. The topological polar surface area (TPSA) is 12.9 Å². The Morgan fingerprint density at radius 1 is 1.33 bits per heavy atom. The molecule has 0 aromatic carbocycles. The maximum Gasteiger partial charge on any atom is 0.117 e. The van der Waals surface area contributed by atoms with Crippen molar-refractivity contribution in [2.24, 2.45) is 0 Å². The summed E-state index contributed by atoms with van der Waals surface area (Å²) < 4.78 is 5.06. The Bertz CT molecular complexity index is 298. The maximum atomic E-state index is 6.19. The molecule has 0 saturated heterocycles. The highest BCUT2D eigenvalue weighted by molar-refractivity contribution is 7.10. The molecule has 1 heterocycles. The summed E-state index contributed by atoms with van der Waals surface area (Å²) in [6, 6.07) is 0. The normalized spacial score (nSPS) is 15.2. The summed E-state index contributed by atoms with van der Waals surface area (Å²) in [5, 5.41) is 0. The SMILES string of the molecule is CCCCC(C)(CCC)c1cnsc1Cl. The van der Waals surface area contributed by atoms with Gasteiger partial charge in [-0.25, -0.2) is 0 Å². The molecular formula is C12H20ClNS. The second kappa shape index (κ2) is 5.86. The lowest BCUT2D eigenvalue weighted by molar-refractivity contribution is 0.383. The first kappa shape index (κ1) is 13.0. The van der Waals surface area contributed by atoms with Crippen LogP contribution in [0.5, 0.6) is 0 Å². The lowest BCUT2D eigenvalue weighted by Crippen LogP contribution is -2.21. The standard InChI is InChI=1S/C12H20ClNS/c1-4-6-8-12(3,7-5-2)10-9-14-15-11(10)13/h9H,4-8H2,1-3H3. The van der Waals surface area contributed by atoms with Crippen LogP contribution >= 0.6 is 23.1 Å². The largest absolute Gasteiger partial charge is 0.199 e. The van der Waals surface area contributed by atoms with E-state index < -0.39 is 0 Å². The minimum Gasteiger partial charge on any atom is -0.199 e. The zero-order chi connectivity index (χ0) is 11.3. The van der Waals surface area contributed by atoms with Crippen molar-refractivity contribution in [2.45, 2.75) is 58.3 Å². The van der Waals surface area contributed by atoms with E-state index in [4.69, 9.17) is 11.6 Å². The first-order valence-corrected chi connectivity index (χ1v) is 6.90. The first-order valence-electron chi connectivity index (χ1n) is 5.74. The van der Waals surface area contributed by atoms with E-state index in [-0.39, 0.29) is 5.41 Å². The fourth-order valence-corrected chi connectivity index (χ4v) is 3.18. The van der Waals surface area contributed by atoms with Crippen LogP contribution in [0.15, 0.2) is 6.20 Å². The molecule has 0 radical (unpaired) electrons. The number of aromatic nitrogens is 1. The summed E-state index contributed by atoms with van der Waals surface area (Å²) in [5.41, 5.74) is 1.49. The van der Waals surface area contributed by atoms with Gasteiger partial charge in [-0.15, -0.1) is 0 Å². The molecule has 86 valence electrons. The van der Waals surface area contributed by atoms with E-state index in [1.54, 1.807) is 0 Å². The average molecular weight is 246 g/mol. The lowest BCUT2D eigenvalue weighted by atomic mass is 9.76. The quantitative estimate of drug-likeness (QED) is 0.684. The lowest BCUT2D eigenvalue weighted by Gasteiger charge is -2.28. The molecule has 1 aromatic heterocycles. The smallest absolute Gasteiger partial charge is 0.117 e. The van der Waals surface area contributed by atoms with Crippen LogP contribution < -0.4 is 0 Å². The van der Waals surface area contributed by atoms with Gasteiger partial charge in [-0.05, 0) is 29.8 Å². The molecule has 1 nitrogen and oxygen atoms in total. The molecule has 0 amide bonds. The van der Waals surface area contributed by atoms with Gasteiger partial charge in [-0.3, -0.25) is 0 Å². The van der Waals surface area contributed by atoms with Crippen molar-refractivity contribution in [1.29, 1.82) is 0 Å². The third-order valence-corrected chi connectivity index (χ3v) is 4.06. The molecule has 0 bridgehead atoms. The summed E-state index contributed by atoms with van der Waals surface area (Å²) in [5.74, 6) is 0. The van der Waals surface area contributed by atoms with Gasteiger partial charge in [0.2, 0.25) is 0 Å². The molecule has 0 aliphatic rings. The number of unbranched alkanes of at least 4 members (excludes halogenated alkanes) is 1. The predicted octanol–water partition coefficient (Wildman–Crippen LogP) is 5.04. The van der Waals surface area contributed by atoms with Gasteiger partial charge in [-0.2, -0.15) is 4.37 Å². The Balaban J connectivity index is 2.85. The van der Waals surface area contributed by atoms with Gasteiger partial charge in [0.25, 0.3) is 0 Å². The second-order valence-corrected chi connectivity index (χ2v) is 5.83. The number of halogens is 1. The fraction of sp³-hybridized carbons (Fsp3) is 0.750. The van der Waals surface area contributed by atoms with Gasteiger partial charge in [-0.1, -0.05) is 51.6 Å². The summed E-state index contributed by atoms with van der Waals surface area (Å²) in [4.78, 5) is 0. The van der Waals surface area contributed by atoms with E-state index in [0.717, 1.165) is 4.34 Å². The average Bonchev–Trinajstić information content (AvgIpc) is 2.62. The van der Waals surface area contributed by atoms with E-state index in [2.05, 4.69) is 25.1 Å². The van der Waals surface area contributed by atoms with Crippen LogP contribution in [0.1, 0.15) is 58.4 Å². The van der Waals surface area contributed by atoms with Crippen molar-refractivity contribution in [2.75, 3.05) is 0 Å². The molecule has 1 unspecified atom stereocenters. The maximum absolute atomic E-state index is 6.19. The third-order valence-electron chi connectivity index (χ3n) is 3.06. The van der Waals surface area contributed by atoms with E-state index in [1.165, 1.54) is 49.2 Å². The van der Waals surface area contributed by atoms with Crippen LogP contribution in [0.2, 0.25) is 4.34 Å². The molecule has 0 aliphatic carbocycles. The third kappa shape index (κ3) is 3.18. The van der Waals surface area contributed by atoms with Crippen molar-refractivity contribution in [3.63, 3.8) is 0 Å². The van der Waals surface area contributed by atoms with E-state index in [9.17, 15) is 0 Å². The minimum atomic E-state index is 0.231. The number of hydrogen-bond acceptors (Lipinski definition) is 2. The van der Waals surface area contributed by atoms with Crippen LogP contribution in [0, 0.1) is 0 Å². The van der Waals surface area contributed by atoms with Crippen LogP contribution in [0.25, 0.3) is 0 Å². The van der Waals surface area contributed by atoms with Crippen molar-refractivity contribution in [3.05, 3.63) is 16.1 Å². The Hall–Kier alpha value is -0.0800. The van der Waals surface area contributed by atoms with Crippen LogP contribution in [0.4, 0.5) is 0 Å². The minimum absolute atomic E-state index is 0.231. The van der Waals surface area contributed by atoms with Crippen molar-refractivity contribution >= 4 is 23.1 Å². The zero-order valence-electron chi connectivity index (χ0n) is 9.85. The van der Waals surface area contributed by atoms with Gasteiger partial charge in [0.1, 0.15) is 4.34 Å². The summed E-state index contributed by atoms with van der Waals surface area (Å²) in [6.45, 7) is 6.79. The van der Waals surface area contributed by atoms with Crippen molar-refractivity contribution < 1.29 is 0 Å². The van der Waals surface area contributed by atoms with Crippen LogP contribution in [-0.2, 0) is 5.41 Å². The van der Waals surface area contributed by atoms with Gasteiger partial charge in [0.15, 0.2) is 0 Å². The van der Waals surface area contributed by atoms with E-state index in [0.29, 0.717) is 0 Å². The van der Waals surface area contributed by atoms with E-state index >= 15 is 0 Å². The predicted molar refractivity (Wildman–Crippen MR) is 68.9 cm³/mol. The molecule has 0 N–H and O–H groups in total. The molecule has 1 atom stereocenters. The molecule has 1 aromatic rings. The zero-order valence-corrected chi connectivity index (χ0v) is 11.4. The van der Waals surface area contributed by atoms with E-state index in [1.807, 2.05) is 6.20 Å². The molecule has 1 rings (SSSR count). The first-order chi connectivity index (χ1) is 7.14. The Kier molecular flexibility index (Phi) is 5.07. The molecule has 3 heteroatoms. The van der Waals surface area contributed by atoms with Crippen LogP contribution in [0.3, 0.4) is 0 Å². The van der Waals surface area contributed by atoms with Gasteiger partial charge in [0.05, 0.1) is 0 Å². The number of rotatable bonds is 6. The molecule has 0 spiro atoms. The number of hydrogen-bond donors (Lipinski definition) is 0. The van der Waals surface area contributed by atoms with Crippen molar-refractivity contribution in [1.82, 2.24) is 4.37 Å². The summed E-state index contributed by atoms with van der Waals surface area (Å²) in [6.07, 6.45) is 8.09. The summed E-state index contributed by atoms with van der Waals surface area (Å²) in [7, 11) is 0. The van der Waals surface area contributed by atoms with Gasteiger partial charge in [0, 0.05) is 11.8 Å². The van der Waals surface area contributed by atoms with Gasteiger partial charge < -0.3 is 0 Å². The Morgan fingerprint density at radius 3 is 2.53 bits per heavy atom. The molecular weight excluding hydrogens is 226 g/mol. The van der Waals surface area contributed by atoms with Crippen molar-refractivity contribution in [3.8, 4) is 0 Å². The highest BCUT2D eigenvalue weighted by Gasteiger charge is 2.28. The van der Waals surface area contributed by atoms with Gasteiger partial charge >= 0.3 is 0 Å². The molecule has 0 aliphatic heterocycles. The monoisotopic (exact) mass is 245 g/mol.